The van der Waals surface area contributed by atoms with Crippen LogP contribution in [0.4, 0.5) is 8.78 Å². The number of allylic oxidation sites excluding steroid dienone is 1. The van der Waals surface area contributed by atoms with Gasteiger partial charge < -0.3 is 0 Å². The SMILES string of the molecule is CCCCCCCCC[C@H]1CC[C@H]([C@H]2CC[C@H](CC=C(F)F)CC2)CC1. The molecule has 0 aromatic rings. The van der Waals surface area contributed by atoms with Crippen molar-refractivity contribution in [1.82, 2.24) is 0 Å². The summed E-state index contributed by atoms with van der Waals surface area (Å²) in [5.41, 5.74) is 0. The minimum absolute atomic E-state index is 0.515. The molecule has 0 nitrogen and oxygen atoms in total. The van der Waals surface area contributed by atoms with Gasteiger partial charge in [-0.25, -0.2) is 0 Å². The van der Waals surface area contributed by atoms with Gasteiger partial charge in [-0.3, -0.25) is 0 Å². The van der Waals surface area contributed by atoms with E-state index in [1.807, 2.05) is 0 Å². The summed E-state index contributed by atoms with van der Waals surface area (Å²) >= 11 is 0. The molecule has 152 valence electrons. The largest absolute Gasteiger partial charge is 0.266 e. The van der Waals surface area contributed by atoms with Crippen molar-refractivity contribution in [2.45, 2.75) is 116 Å². The van der Waals surface area contributed by atoms with E-state index in [-0.39, 0.29) is 0 Å². The third kappa shape index (κ3) is 8.53. The van der Waals surface area contributed by atoms with Gasteiger partial charge in [0.1, 0.15) is 0 Å². The second kappa shape index (κ2) is 12.9. The van der Waals surface area contributed by atoms with Crippen LogP contribution in [0.5, 0.6) is 0 Å². The number of hydrogen-bond acceptors (Lipinski definition) is 0. The molecule has 2 heteroatoms. The van der Waals surface area contributed by atoms with Crippen molar-refractivity contribution in [3.8, 4) is 0 Å². The van der Waals surface area contributed by atoms with E-state index < -0.39 is 6.08 Å². The van der Waals surface area contributed by atoms with Crippen LogP contribution in [0, 0.1) is 23.7 Å². The molecule has 26 heavy (non-hydrogen) atoms. The molecule has 0 spiro atoms. The summed E-state index contributed by atoms with van der Waals surface area (Å²) in [4.78, 5) is 0. The molecule has 0 bridgehead atoms. The summed E-state index contributed by atoms with van der Waals surface area (Å²) in [5.74, 6) is 3.34. The van der Waals surface area contributed by atoms with Crippen molar-refractivity contribution in [2.24, 2.45) is 23.7 Å². The highest BCUT2D eigenvalue weighted by Gasteiger charge is 2.30. The number of rotatable bonds is 11. The van der Waals surface area contributed by atoms with E-state index in [0.29, 0.717) is 12.3 Å². The van der Waals surface area contributed by atoms with Crippen LogP contribution in [0.25, 0.3) is 0 Å². The molecule has 0 amide bonds. The highest BCUT2D eigenvalue weighted by atomic mass is 19.3. The lowest BCUT2D eigenvalue weighted by Crippen LogP contribution is -2.25. The van der Waals surface area contributed by atoms with E-state index in [0.717, 1.165) is 23.8 Å². The van der Waals surface area contributed by atoms with Crippen molar-refractivity contribution >= 4 is 0 Å². The van der Waals surface area contributed by atoms with E-state index >= 15 is 0 Å². The first kappa shape index (κ1) is 21.9. The van der Waals surface area contributed by atoms with Crippen LogP contribution in [0.1, 0.15) is 116 Å². The molecule has 2 aliphatic rings. The molecule has 2 saturated carbocycles. The molecule has 2 fully saturated rings. The number of hydrogen-bond donors (Lipinski definition) is 0. The second-order valence-corrected chi connectivity index (χ2v) is 9.20. The molecular weight excluding hydrogens is 326 g/mol. The first-order chi connectivity index (χ1) is 12.7. The Hall–Kier alpha value is -0.400. The second-order valence-electron chi connectivity index (χ2n) is 9.20. The Labute approximate surface area is 161 Å². The zero-order valence-electron chi connectivity index (χ0n) is 17.2. The molecule has 0 aromatic heterocycles. The molecule has 0 saturated heterocycles. The van der Waals surface area contributed by atoms with Crippen LogP contribution in [-0.2, 0) is 0 Å². The van der Waals surface area contributed by atoms with Crippen molar-refractivity contribution < 1.29 is 8.78 Å². The first-order valence-electron chi connectivity index (χ1n) is 11.7. The molecule has 0 unspecified atom stereocenters. The fourth-order valence-corrected chi connectivity index (χ4v) is 5.49. The molecule has 0 aromatic carbocycles. The Morgan fingerprint density at radius 3 is 1.73 bits per heavy atom. The van der Waals surface area contributed by atoms with Crippen LogP contribution < -0.4 is 0 Å². The molecule has 0 atom stereocenters. The maximum absolute atomic E-state index is 12.2. The van der Waals surface area contributed by atoms with Gasteiger partial charge >= 0.3 is 0 Å². The average Bonchev–Trinajstić information content (AvgIpc) is 2.66. The summed E-state index contributed by atoms with van der Waals surface area (Å²) in [6, 6.07) is 0. The maximum atomic E-state index is 12.2. The van der Waals surface area contributed by atoms with Gasteiger partial charge in [0.25, 0.3) is 6.08 Å². The lowest BCUT2D eigenvalue weighted by Gasteiger charge is -2.37. The Bertz CT molecular complexity index is 370. The molecule has 0 radical (unpaired) electrons. The highest BCUT2D eigenvalue weighted by molar-refractivity contribution is 4.87. The van der Waals surface area contributed by atoms with Crippen molar-refractivity contribution in [3.05, 3.63) is 12.2 Å². The lowest BCUT2D eigenvalue weighted by atomic mass is 9.68. The molecule has 0 heterocycles. The highest BCUT2D eigenvalue weighted by Crippen LogP contribution is 2.43. The van der Waals surface area contributed by atoms with Gasteiger partial charge in [0.15, 0.2) is 0 Å². The minimum Gasteiger partial charge on any atom is -0.174 e. The quantitative estimate of drug-likeness (QED) is 0.319. The number of unbranched alkanes of at least 4 members (excludes halogenated alkanes) is 6. The van der Waals surface area contributed by atoms with Gasteiger partial charge in [-0.15, -0.1) is 0 Å². The summed E-state index contributed by atoms with van der Waals surface area (Å²) < 4.78 is 24.5. The summed E-state index contributed by atoms with van der Waals surface area (Å²) in [7, 11) is 0. The molecule has 2 rings (SSSR count). The molecule has 2 aliphatic carbocycles. The maximum Gasteiger partial charge on any atom is 0.266 e. The van der Waals surface area contributed by atoms with Crippen LogP contribution in [-0.4, -0.2) is 0 Å². The zero-order valence-corrected chi connectivity index (χ0v) is 17.2. The van der Waals surface area contributed by atoms with E-state index in [1.54, 1.807) is 0 Å². The fourth-order valence-electron chi connectivity index (χ4n) is 5.49. The van der Waals surface area contributed by atoms with Crippen molar-refractivity contribution in [2.75, 3.05) is 0 Å². The van der Waals surface area contributed by atoms with Gasteiger partial charge in [0.2, 0.25) is 0 Å². The monoisotopic (exact) mass is 368 g/mol. The third-order valence-corrected chi connectivity index (χ3v) is 7.27. The fraction of sp³-hybridized carbons (Fsp3) is 0.917. The predicted octanol–water partition coefficient (Wildman–Crippen LogP) is 8.91. The summed E-state index contributed by atoms with van der Waals surface area (Å²) in [6.45, 7) is 2.28. The lowest BCUT2D eigenvalue weighted by molar-refractivity contribution is 0.143. The van der Waals surface area contributed by atoms with Gasteiger partial charge in [-0.1, -0.05) is 71.1 Å². The normalized spacial score (nSPS) is 29.5. The van der Waals surface area contributed by atoms with Gasteiger partial charge in [-0.05, 0) is 74.7 Å². The molecule has 0 aliphatic heterocycles. The Balaban J connectivity index is 1.51. The van der Waals surface area contributed by atoms with E-state index in [1.165, 1.54) is 103 Å². The Morgan fingerprint density at radius 2 is 1.19 bits per heavy atom. The van der Waals surface area contributed by atoms with E-state index in [4.69, 9.17) is 0 Å². The van der Waals surface area contributed by atoms with Crippen molar-refractivity contribution in [1.29, 1.82) is 0 Å². The summed E-state index contributed by atoms with van der Waals surface area (Å²) in [6.07, 6.45) is 22.4. The standard InChI is InChI=1S/C24H42F2/c1-2-3-4-5-6-7-8-9-20-10-15-22(16-11-20)23-17-12-21(13-18-23)14-19-24(25)26/h19-23H,2-18H2,1H3/t20-,21-,22-,23-. The Kier molecular flexibility index (Phi) is 10.9. The summed E-state index contributed by atoms with van der Waals surface area (Å²) in [5, 5.41) is 0. The smallest absolute Gasteiger partial charge is 0.174 e. The van der Waals surface area contributed by atoms with Crippen LogP contribution in [0.3, 0.4) is 0 Å². The zero-order chi connectivity index (χ0) is 18.6. The molecular formula is C24H42F2. The Morgan fingerprint density at radius 1 is 0.692 bits per heavy atom. The topological polar surface area (TPSA) is 0 Å². The van der Waals surface area contributed by atoms with Crippen LogP contribution in [0.2, 0.25) is 0 Å². The van der Waals surface area contributed by atoms with Gasteiger partial charge in [0, 0.05) is 0 Å². The van der Waals surface area contributed by atoms with Crippen molar-refractivity contribution in [3.63, 3.8) is 0 Å². The van der Waals surface area contributed by atoms with Crippen LogP contribution in [0.15, 0.2) is 12.2 Å². The van der Waals surface area contributed by atoms with Gasteiger partial charge in [-0.2, -0.15) is 8.78 Å². The van der Waals surface area contributed by atoms with E-state index in [2.05, 4.69) is 6.92 Å². The van der Waals surface area contributed by atoms with Crippen LogP contribution >= 0.6 is 0 Å². The number of halogens is 2. The third-order valence-electron chi connectivity index (χ3n) is 7.27. The molecule has 0 N–H and O–H groups in total. The first-order valence-corrected chi connectivity index (χ1v) is 11.7. The minimum atomic E-state index is -1.49. The van der Waals surface area contributed by atoms with E-state index in [9.17, 15) is 8.78 Å². The van der Waals surface area contributed by atoms with Gasteiger partial charge in [0.05, 0.1) is 0 Å². The average molecular weight is 369 g/mol. The predicted molar refractivity (Wildman–Crippen MR) is 108 cm³/mol.